The minimum absolute atomic E-state index is 0.139. The van der Waals surface area contributed by atoms with Crippen molar-refractivity contribution in [3.63, 3.8) is 0 Å². The Morgan fingerprint density at radius 2 is 1.94 bits per heavy atom. The second-order valence-corrected chi connectivity index (χ2v) is 11.5. The Bertz CT molecular complexity index is 1550. The third-order valence-electron chi connectivity index (χ3n) is 8.06. The van der Waals surface area contributed by atoms with Gasteiger partial charge in [0.05, 0.1) is 5.69 Å². The second kappa shape index (κ2) is 6.69. The fourth-order valence-electron chi connectivity index (χ4n) is 6.51. The quantitative estimate of drug-likeness (QED) is 0.528. The number of hydrogen-bond donors (Lipinski definition) is 2. The van der Waals surface area contributed by atoms with Gasteiger partial charge in [0, 0.05) is 52.6 Å². The third-order valence-corrected chi connectivity index (χ3v) is 8.06. The molecule has 2 aliphatic carbocycles. The molecule has 2 fully saturated rings. The smallest absolute Gasteiger partial charge is 0.414 e. The fraction of sp³-hybridized carbons (Fsp3) is 0.393. The van der Waals surface area contributed by atoms with Crippen LogP contribution >= 0.6 is 0 Å². The molecule has 2 N–H and O–H groups in total. The van der Waals surface area contributed by atoms with Crippen molar-refractivity contribution in [2.24, 2.45) is 5.92 Å². The first-order chi connectivity index (χ1) is 17.1. The van der Waals surface area contributed by atoms with Crippen molar-refractivity contribution in [1.29, 1.82) is 0 Å². The number of fused-ring (bicyclic) bond motifs is 4. The molecular formula is C28H28N4O4. The van der Waals surface area contributed by atoms with Crippen molar-refractivity contribution in [2.45, 2.75) is 51.6 Å². The third kappa shape index (κ3) is 2.78. The van der Waals surface area contributed by atoms with E-state index in [1.165, 1.54) is 5.56 Å². The maximum absolute atomic E-state index is 13.7. The van der Waals surface area contributed by atoms with E-state index in [0.29, 0.717) is 30.2 Å². The van der Waals surface area contributed by atoms with Crippen LogP contribution in [0.25, 0.3) is 10.9 Å². The summed E-state index contributed by atoms with van der Waals surface area (Å²) in [6.07, 6.45) is 2.78. The number of carbonyl (C=O) groups is 3. The van der Waals surface area contributed by atoms with Crippen LogP contribution in [0.1, 0.15) is 65.0 Å². The van der Waals surface area contributed by atoms with Crippen LogP contribution in [-0.4, -0.2) is 51.3 Å². The van der Waals surface area contributed by atoms with Crippen LogP contribution in [0.4, 0.5) is 10.5 Å². The number of amides is 2. The first-order valence-electron chi connectivity index (χ1n) is 12.5. The van der Waals surface area contributed by atoms with Crippen molar-refractivity contribution in [3.05, 3.63) is 64.2 Å². The predicted octanol–water partition coefficient (Wildman–Crippen LogP) is 4.60. The summed E-state index contributed by atoms with van der Waals surface area (Å²) in [6.45, 7) is 8.65. The van der Waals surface area contributed by atoms with Crippen molar-refractivity contribution in [3.8, 4) is 0 Å². The van der Waals surface area contributed by atoms with Gasteiger partial charge < -0.3 is 19.6 Å². The number of aromatic nitrogens is 2. The molecule has 2 aromatic heterocycles. The topological polar surface area (TPSA) is 98.5 Å². The maximum Gasteiger partial charge on any atom is 0.414 e. The van der Waals surface area contributed by atoms with Gasteiger partial charge in [-0.15, -0.1) is 0 Å². The molecule has 36 heavy (non-hydrogen) atoms. The predicted molar refractivity (Wildman–Crippen MR) is 134 cm³/mol. The molecule has 1 saturated carbocycles. The van der Waals surface area contributed by atoms with E-state index in [0.717, 1.165) is 40.7 Å². The Hall–Kier alpha value is -3.81. The van der Waals surface area contributed by atoms with Gasteiger partial charge >= 0.3 is 6.09 Å². The van der Waals surface area contributed by atoms with Crippen LogP contribution in [0.5, 0.6) is 0 Å². The zero-order valence-corrected chi connectivity index (χ0v) is 20.8. The molecule has 3 aromatic rings. The molecule has 2 atom stereocenters. The number of likely N-dealkylation sites (tertiary alicyclic amines) is 1. The number of carbonyl (C=O) groups excluding carboxylic acids is 3. The van der Waals surface area contributed by atoms with Crippen LogP contribution in [0.3, 0.4) is 0 Å². The minimum Gasteiger partial charge on any atom is -0.443 e. The Labute approximate surface area is 208 Å². The summed E-state index contributed by atoms with van der Waals surface area (Å²) in [6, 6.07) is 7.99. The van der Waals surface area contributed by atoms with Crippen LogP contribution in [0.15, 0.2) is 36.0 Å². The summed E-state index contributed by atoms with van der Waals surface area (Å²) in [5.74, 6) is -0.128. The van der Waals surface area contributed by atoms with Gasteiger partial charge in [-0.05, 0) is 81.8 Å². The van der Waals surface area contributed by atoms with Crippen LogP contribution in [-0.2, 0) is 16.6 Å². The number of ether oxygens (including phenoxy) is 1. The van der Waals surface area contributed by atoms with E-state index in [9.17, 15) is 14.4 Å². The number of aryl methyl sites for hydroxylation is 1. The molecule has 4 heterocycles. The lowest BCUT2D eigenvalue weighted by Gasteiger charge is -2.30. The van der Waals surface area contributed by atoms with E-state index < -0.39 is 17.1 Å². The van der Waals surface area contributed by atoms with E-state index in [1.54, 1.807) is 15.9 Å². The summed E-state index contributed by atoms with van der Waals surface area (Å²) < 4.78 is 5.60. The van der Waals surface area contributed by atoms with E-state index in [1.807, 2.05) is 45.9 Å². The Morgan fingerprint density at radius 3 is 2.72 bits per heavy atom. The number of benzene rings is 1. The zero-order chi connectivity index (χ0) is 25.1. The molecule has 2 aliphatic heterocycles. The summed E-state index contributed by atoms with van der Waals surface area (Å²) in [4.78, 5) is 49.6. The van der Waals surface area contributed by atoms with Crippen molar-refractivity contribution in [2.75, 3.05) is 18.0 Å². The van der Waals surface area contributed by atoms with Gasteiger partial charge in [-0.3, -0.25) is 14.5 Å². The lowest BCUT2D eigenvalue weighted by Crippen LogP contribution is -2.37. The monoisotopic (exact) mass is 484 g/mol. The summed E-state index contributed by atoms with van der Waals surface area (Å²) in [5.41, 5.74) is 5.67. The van der Waals surface area contributed by atoms with Crippen LogP contribution in [0, 0.1) is 12.8 Å². The van der Waals surface area contributed by atoms with Crippen molar-refractivity contribution in [1.82, 2.24) is 14.9 Å². The number of aromatic amines is 2. The highest BCUT2D eigenvalue weighted by Gasteiger charge is 2.68. The molecule has 8 nitrogen and oxygen atoms in total. The molecule has 1 saturated heterocycles. The van der Waals surface area contributed by atoms with Gasteiger partial charge in [0.1, 0.15) is 11.3 Å². The number of piperidine rings is 1. The highest BCUT2D eigenvalue weighted by molar-refractivity contribution is 6.12. The zero-order valence-electron chi connectivity index (χ0n) is 20.8. The number of nitrogens with zero attached hydrogens (tertiary/aromatic N) is 2. The van der Waals surface area contributed by atoms with Gasteiger partial charge in [0.15, 0.2) is 0 Å². The normalized spacial score (nSPS) is 23.8. The number of hydrogen-bond acceptors (Lipinski definition) is 4. The van der Waals surface area contributed by atoms with Gasteiger partial charge in [-0.2, -0.15) is 0 Å². The molecule has 2 unspecified atom stereocenters. The fourth-order valence-corrected chi connectivity index (χ4v) is 6.51. The lowest BCUT2D eigenvalue weighted by atomic mass is 9.85. The van der Waals surface area contributed by atoms with E-state index >= 15 is 0 Å². The number of rotatable bonds is 1. The number of H-pyrrole nitrogens is 2. The van der Waals surface area contributed by atoms with E-state index in [-0.39, 0.29) is 17.6 Å². The highest BCUT2D eigenvalue weighted by Crippen LogP contribution is 2.66. The standard InChI is InChI=1S/C28H28N4O4/c1-14-9-17-16-7-8-31(21(16)6-5-19(17)29-14)25(34)20-10-18-24(30-20)22(33)11-23-28(18)12-15(28)13-32(23)26(35)36-27(2,3)4/h5-6,9-11,15,29-30H,7-8,12-13H2,1-4H3. The second-order valence-electron chi connectivity index (χ2n) is 11.5. The van der Waals surface area contributed by atoms with E-state index in [2.05, 4.69) is 16.0 Å². The molecular weight excluding hydrogens is 456 g/mol. The number of nitrogens with one attached hydrogen (secondary N) is 2. The molecule has 4 aliphatic rings. The molecule has 1 aromatic carbocycles. The van der Waals surface area contributed by atoms with Gasteiger partial charge in [0.2, 0.25) is 5.78 Å². The largest absolute Gasteiger partial charge is 0.443 e. The Balaban J connectivity index is 1.22. The van der Waals surface area contributed by atoms with Gasteiger partial charge in [0.25, 0.3) is 5.91 Å². The molecule has 184 valence electrons. The average Bonchev–Trinajstić information content (AvgIpc) is 3.26. The lowest BCUT2D eigenvalue weighted by molar-refractivity contribution is 0.0322. The van der Waals surface area contributed by atoms with Crippen molar-refractivity contribution < 1.29 is 19.1 Å². The van der Waals surface area contributed by atoms with E-state index in [4.69, 9.17) is 4.74 Å². The highest BCUT2D eigenvalue weighted by atomic mass is 16.6. The molecule has 0 bridgehead atoms. The SMILES string of the molecule is Cc1cc2c3c(ccc2[nH]1)N(C(=O)c1cc2c([nH]1)C(=O)C=C1N(C(=O)OC(C)(C)C)CC4CC124)CC3. The summed E-state index contributed by atoms with van der Waals surface area (Å²) >= 11 is 0. The minimum atomic E-state index is -0.619. The van der Waals surface area contributed by atoms with Crippen LogP contribution in [0.2, 0.25) is 0 Å². The maximum atomic E-state index is 13.7. The number of ketones is 1. The summed E-state index contributed by atoms with van der Waals surface area (Å²) in [7, 11) is 0. The Morgan fingerprint density at radius 1 is 1.14 bits per heavy atom. The van der Waals surface area contributed by atoms with Gasteiger partial charge in [-0.25, -0.2) is 4.79 Å². The molecule has 8 heteroatoms. The molecule has 7 rings (SSSR count). The molecule has 2 amide bonds. The first kappa shape index (κ1) is 21.5. The molecule has 1 spiro atoms. The number of anilines is 1. The van der Waals surface area contributed by atoms with Crippen LogP contribution < -0.4 is 4.90 Å². The molecule has 0 radical (unpaired) electrons. The average molecular weight is 485 g/mol. The first-order valence-corrected chi connectivity index (χ1v) is 12.5. The Kier molecular flexibility index (Phi) is 3.99. The van der Waals surface area contributed by atoms with Crippen molar-refractivity contribution >= 4 is 34.4 Å². The summed E-state index contributed by atoms with van der Waals surface area (Å²) in [5, 5.41) is 1.16. The number of allylic oxidation sites excluding steroid dienone is 2. The van der Waals surface area contributed by atoms with Gasteiger partial charge in [-0.1, -0.05) is 0 Å².